The first kappa shape index (κ1) is 20.0. The molecule has 1 amide bonds. The highest BCUT2D eigenvalue weighted by Gasteiger charge is 2.27. The Morgan fingerprint density at radius 1 is 1.29 bits per heavy atom. The van der Waals surface area contributed by atoms with Crippen molar-refractivity contribution in [3.63, 3.8) is 0 Å². The third-order valence-corrected chi connectivity index (χ3v) is 3.47. The fourth-order valence-electron chi connectivity index (χ4n) is 2.38. The lowest BCUT2D eigenvalue weighted by Gasteiger charge is -2.11. The molecule has 1 fully saturated rings. The smallest absolute Gasteiger partial charge is 0.223 e. The molecule has 0 bridgehead atoms. The molecule has 1 aliphatic rings. The second-order valence-electron chi connectivity index (χ2n) is 5.06. The van der Waals surface area contributed by atoms with Crippen LogP contribution in [0, 0.1) is 5.92 Å². The molecular weight excluding hydrogens is 311 g/mol. The minimum atomic E-state index is 0. The highest BCUT2D eigenvalue weighted by molar-refractivity contribution is 5.85. The van der Waals surface area contributed by atoms with Crippen LogP contribution < -0.4 is 16.4 Å². The average Bonchev–Trinajstić information content (AvgIpc) is 2.86. The first-order chi connectivity index (χ1) is 9.25. The summed E-state index contributed by atoms with van der Waals surface area (Å²) in [6, 6.07) is 5.97. The van der Waals surface area contributed by atoms with Gasteiger partial charge in [0, 0.05) is 31.2 Å². The highest BCUT2D eigenvalue weighted by Crippen LogP contribution is 2.23. The SMILES string of the molecule is Cl.Cl.NC1CCC(C(=O)NCCCNc2ccccn2)C1. The first-order valence-electron chi connectivity index (χ1n) is 6.94. The lowest BCUT2D eigenvalue weighted by molar-refractivity contribution is -0.124. The number of carbonyl (C=O) groups excluding carboxylic acids is 1. The number of amides is 1. The van der Waals surface area contributed by atoms with E-state index in [9.17, 15) is 4.79 Å². The van der Waals surface area contributed by atoms with Crippen LogP contribution in [0.4, 0.5) is 5.82 Å². The van der Waals surface area contributed by atoms with Gasteiger partial charge >= 0.3 is 0 Å². The molecule has 1 heterocycles. The second-order valence-corrected chi connectivity index (χ2v) is 5.06. The van der Waals surface area contributed by atoms with Gasteiger partial charge in [-0.05, 0) is 37.8 Å². The fourth-order valence-corrected chi connectivity index (χ4v) is 2.38. The molecule has 2 rings (SSSR count). The minimum absolute atomic E-state index is 0. The molecule has 0 saturated heterocycles. The molecule has 120 valence electrons. The summed E-state index contributed by atoms with van der Waals surface area (Å²) in [5.74, 6) is 1.15. The van der Waals surface area contributed by atoms with Gasteiger partial charge in [-0.2, -0.15) is 0 Å². The molecule has 5 nitrogen and oxygen atoms in total. The molecule has 0 aromatic carbocycles. The number of hydrogen-bond acceptors (Lipinski definition) is 4. The Kier molecular flexibility index (Phi) is 10.1. The van der Waals surface area contributed by atoms with Crippen LogP contribution in [-0.4, -0.2) is 30.0 Å². The number of anilines is 1. The van der Waals surface area contributed by atoms with Crippen molar-refractivity contribution in [2.45, 2.75) is 31.7 Å². The maximum Gasteiger partial charge on any atom is 0.223 e. The van der Waals surface area contributed by atoms with Crippen LogP contribution in [0.15, 0.2) is 24.4 Å². The Labute approximate surface area is 138 Å². The summed E-state index contributed by atoms with van der Waals surface area (Å²) in [5, 5.41) is 6.19. The third kappa shape index (κ3) is 6.98. The van der Waals surface area contributed by atoms with Gasteiger partial charge in [-0.25, -0.2) is 4.98 Å². The van der Waals surface area contributed by atoms with Crippen molar-refractivity contribution < 1.29 is 4.79 Å². The molecule has 0 radical (unpaired) electrons. The second kappa shape index (κ2) is 10.7. The standard InChI is InChI=1S/C14H22N4O.2ClH/c15-12-6-5-11(10-12)14(19)18-9-3-8-17-13-4-1-2-7-16-13;;/h1-2,4,7,11-12H,3,5-6,8-10,15H2,(H,16,17)(H,18,19);2*1H. The topological polar surface area (TPSA) is 80.0 Å². The number of carbonyl (C=O) groups is 1. The number of nitrogens with one attached hydrogen (secondary N) is 2. The molecule has 7 heteroatoms. The summed E-state index contributed by atoms with van der Waals surface area (Å²) in [4.78, 5) is 16.0. The van der Waals surface area contributed by atoms with Crippen molar-refractivity contribution in [1.82, 2.24) is 10.3 Å². The number of hydrogen-bond donors (Lipinski definition) is 3. The van der Waals surface area contributed by atoms with Crippen molar-refractivity contribution in [2.24, 2.45) is 11.7 Å². The van der Waals surface area contributed by atoms with Crippen LogP contribution in [0.1, 0.15) is 25.7 Å². The number of rotatable bonds is 6. The van der Waals surface area contributed by atoms with Gasteiger partial charge in [0.1, 0.15) is 5.82 Å². The molecule has 2 atom stereocenters. The van der Waals surface area contributed by atoms with Gasteiger partial charge in [0.2, 0.25) is 5.91 Å². The summed E-state index contributed by atoms with van der Waals surface area (Å²) in [6.07, 6.45) is 5.38. The van der Waals surface area contributed by atoms with E-state index in [4.69, 9.17) is 5.73 Å². The van der Waals surface area contributed by atoms with Crippen molar-refractivity contribution in [1.29, 1.82) is 0 Å². The van der Waals surface area contributed by atoms with E-state index in [1.807, 2.05) is 18.2 Å². The quantitative estimate of drug-likeness (QED) is 0.695. The number of aromatic nitrogens is 1. The van der Waals surface area contributed by atoms with Crippen LogP contribution >= 0.6 is 24.8 Å². The molecule has 2 unspecified atom stereocenters. The molecule has 1 aromatic heterocycles. The predicted molar refractivity (Wildman–Crippen MR) is 90.2 cm³/mol. The normalized spacial score (nSPS) is 20.0. The van der Waals surface area contributed by atoms with Gasteiger partial charge in [0.05, 0.1) is 0 Å². The van der Waals surface area contributed by atoms with E-state index in [0.29, 0.717) is 6.54 Å². The summed E-state index contributed by atoms with van der Waals surface area (Å²) < 4.78 is 0. The van der Waals surface area contributed by atoms with Crippen LogP contribution in [-0.2, 0) is 4.79 Å². The van der Waals surface area contributed by atoms with Crippen LogP contribution in [0.25, 0.3) is 0 Å². The van der Waals surface area contributed by atoms with Gasteiger partial charge in [-0.1, -0.05) is 6.07 Å². The number of pyridine rings is 1. The van der Waals surface area contributed by atoms with Gasteiger partial charge < -0.3 is 16.4 Å². The Hall–Kier alpha value is -1.04. The minimum Gasteiger partial charge on any atom is -0.370 e. The number of nitrogens with two attached hydrogens (primary N) is 1. The maximum atomic E-state index is 11.8. The zero-order valence-corrected chi connectivity index (χ0v) is 13.6. The van der Waals surface area contributed by atoms with Gasteiger partial charge in [0.15, 0.2) is 0 Å². The van der Waals surface area contributed by atoms with Gasteiger partial charge in [0.25, 0.3) is 0 Å². The highest BCUT2D eigenvalue weighted by atomic mass is 35.5. The summed E-state index contributed by atoms with van der Waals surface area (Å²) >= 11 is 0. The van der Waals surface area contributed by atoms with Gasteiger partial charge in [-0.3, -0.25) is 4.79 Å². The molecular formula is C14H24Cl2N4O. The van der Waals surface area contributed by atoms with E-state index in [2.05, 4.69) is 15.6 Å². The average molecular weight is 335 g/mol. The van der Waals surface area contributed by atoms with Crippen molar-refractivity contribution >= 4 is 36.5 Å². The van der Waals surface area contributed by atoms with E-state index >= 15 is 0 Å². The zero-order valence-electron chi connectivity index (χ0n) is 12.0. The zero-order chi connectivity index (χ0) is 13.5. The summed E-state index contributed by atoms with van der Waals surface area (Å²) in [5.41, 5.74) is 5.81. The van der Waals surface area contributed by atoms with E-state index in [1.165, 1.54) is 0 Å². The van der Waals surface area contributed by atoms with Crippen molar-refractivity contribution in [3.05, 3.63) is 24.4 Å². The molecule has 1 saturated carbocycles. The van der Waals surface area contributed by atoms with Crippen LogP contribution in [0.2, 0.25) is 0 Å². The van der Waals surface area contributed by atoms with Crippen molar-refractivity contribution in [3.8, 4) is 0 Å². The maximum absolute atomic E-state index is 11.8. The summed E-state index contributed by atoms with van der Waals surface area (Å²) in [6.45, 7) is 1.51. The largest absolute Gasteiger partial charge is 0.370 e. The predicted octanol–water partition coefficient (Wildman–Crippen LogP) is 1.97. The number of nitrogens with zero attached hydrogens (tertiary/aromatic N) is 1. The van der Waals surface area contributed by atoms with Crippen LogP contribution in [0.3, 0.4) is 0 Å². The Morgan fingerprint density at radius 2 is 2.10 bits per heavy atom. The molecule has 0 aliphatic heterocycles. The fraction of sp³-hybridized carbons (Fsp3) is 0.571. The van der Waals surface area contributed by atoms with Gasteiger partial charge in [-0.15, -0.1) is 24.8 Å². The Balaban J connectivity index is 0.00000200. The molecule has 1 aromatic rings. The first-order valence-corrected chi connectivity index (χ1v) is 6.94. The van der Waals surface area contributed by atoms with E-state index < -0.39 is 0 Å². The van der Waals surface area contributed by atoms with E-state index in [-0.39, 0.29) is 42.7 Å². The van der Waals surface area contributed by atoms with E-state index in [1.54, 1.807) is 6.20 Å². The molecule has 4 N–H and O–H groups in total. The Bertz CT molecular complexity index is 405. The lowest BCUT2D eigenvalue weighted by atomic mass is 10.1. The summed E-state index contributed by atoms with van der Waals surface area (Å²) in [7, 11) is 0. The Morgan fingerprint density at radius 3 is 2.71 bits per heavy atom. The van der Waals surface area contributed by atoms with E-state index in [0.717, 1.165) is 38.0 Å². The third-order valence-electron chi connectivity index (χ3n) is 3.47. The molecule has 21 heavy (non-hydrogen) atoms. The molecule has 1 aliphatic carbocycles. The lowest BCUT2D eigenvalue weighted by Crippen LogP contribution is -2.31. The monoisotopic (exact) mass is 334 g/mol. The molecule has 0 spiro atoms. The van der Waals surface area contributed by atoms with Crippen molar-refractivity contribution in [2.75, 3.05) is 18.4 Å². The van der Waals surface area contributed by atoms with Crippen LogP contribution in [0.5, 0.6) is 0 Å². The number of halogens is 2.